The number of nitrogens with zero attached hydrogens (tertiary/aromatic N) is 2. The Kier molecular flexibility index (Phi) is 9.06. The molecule has 0 aliphatic carbocycles. The molecule has 0 radical (unpaired) electrons. The van der Waals surface area contributed by atoms with Gasteiger partial charge in [0.1, 0.15) is 5.75 Å². The molecule has 0 unspecified atom stereocenters. The SMILES string of the molecule is Cl.O=[N+]([O-])c1ccc2c(c1)CN(CCCCNS(=O)(=O)c1ccc(OC(F)(F)F)cc1)CC2. The Balaban J connectivity index is 0.00000385. The van der Waals surface area contributed by atoms with Crippen molar-refractivity contribution in [2.24, 2.45) is 0 Å². The van der Waals surface area contributed by atoms with E-state index >= 15 is 0 Å². The number of fused-ring (bicyclic) bond motifs is 1. The van der Waals surface area contributed by atoms with Gasteiger partial charge in [0, 0.05) is 31.8 Å². The fraction of sp³-hybridized carbons (Fsp3) is 0.400. The zero-order valence-corrected chi connectivity index (χ0v) is 19.0. The lowest BCUT2D eigenvalue weighted by molar-refractivity contribution is -0.385. The molecule has 1 N–H and O–H groups in total. The summed E-state index contributed by atoms with van der Waals surface area (Å²) in [5.41, 5.74) is 2.10. The summed E-state index contributed by atoms with van der Waals surface area (Å²) >= 11 is 0. The molecule has 182 valence electrons. The number of halogens is 4. The van der Waals surface area contributed by atoms with Gasteiger partial charge in [0.2, 0.25) is 10.0 Å². The van der Waals surface area contributed by atoms with E-state index in [1.54, 1.807) is 12.1 Å². The first-order valence-electron chi connectivity index (χ1n) is 9.87. The number of ether oxygens (including phenoxy) is 1. The van der Waals surface area contributed by atoms with E-state index < -0.39 is 27.1 Å². The van der Waals surface area contributed by atoms with Crippen LogP contribution in [0.25, 0.3) is 0 Å². The van der Waals surface area contributed by atoms with Gasteiger partial charge in [-0.15, -0.1) is 25.6 Å². The minimum absolute atomic E-state index is 0. The van der Waals surface area contributed by atoms with Crippen molar-refractivity contribution in [1.29, 1.82) is 0 Å². The van der Waals surface area contributed by atoms with Crippen molar-refractivity contribution in [1.82, 2.24) is 9.62 Å². The molecule has 2 aromatic carbocycles. The number of nitrogens with one attached hydrogen (secondary N) is 1. The number of hydrogen-bond donors (Lipinski definition) is 1. The fourth-order valence-corrected chi connectivity index (χ4v) is 4.55. The van der Waals surface area contributed by atoms with E-state index in [0.717, 1.165) is 48.4 Å². The van der Waals surface area contributed by atoms with Gasteiger partial charge in [-0.3, -0.25) is 15.0 Å². The zero-order valence-electron chi connectivity index (χ0n) is 17.4. The molecule has 0 atom stereocenters. The molecule has 3 rings (SSSR count). The van der Waals surface area contributed by atoms with Gasteiger partial charge in [-0.05, 0) is 61.2 Å². The highest BCUT2D eigenvalue weighted by Gasteiger charge is 2.31. The monoisotopic (exact) mass is 509 g/mol. The summed E-state index contributed by atoms with van der Waals surface area (Å²) in [5, 5.41) is 11.0. The minimum Gasteiger partial charge on any atom is -0.406 e. The summed E-state index contributed by atoms with van der Waals surface area (Å²) < 4.78 is 67.3. The summed E-state index contributed by atoms with van der Waals surface area (Å²) in [4.78, 5) is 12.6. The van der Waals surface area contributed by atoms with Crippen LogP contribution in [0.5, 0.6) is 5.75 Å². The highest BCUT2D eigenvalue weighted by atomic mass is 35.5. The van der Waals surface area contributed by atoms with Gasteiger partial charge in [-0.25, -0.2) is 13.1 Å². The van der Waals surface area contributed by atoms with Gasteiger partial charge in [0.15, 0.2) is 0 Å². The van der Waals surface area contributed by atoms with Crippen molar-refractivity contribution in [2.45, 2.75) is 37.1 Å². The molecule has 0 spiro atoms. The van der Waals surface area contributed by atoms with Crippen LogP contribution in [0.2, 0.25) is 0 Å². The summed E-state index contributed by atoms with van der Waals surface area (Å²) in [6.45, 7) is 2.32. The second kappa shape index (κ2) is 11.1. The van der Waals surface area contributed by atoms with Gasteiger partial charge in [0.05, 0.1) is 9.82 Å². The summed E-state index contributed by atoms with van der Waals surface area (Å²) in [6, 6.07) is 8.89. The molecule has 8 nitrogen and oxygen atoms in total. The quantitative estimate of drug-likeness (QED) is 0.311. The standard InChI is InChI=1S/C20H22F3N3O5S.ClH/c21-20(22,23)31-18-5-7-19(8-6-18)32(29,30)24-10-1-2-11-25-12-9-15-3-4-17(26(27)28)13-16(15)14-25;/h3-8,13,24H,1-2,9-12,14H2;1H. The summed E-state index contributed by atoms with van der Waals surface area (Å²) in [5.74, 6) is -0.495. The Bertz CT molecular complexity index is 1070. The fourth-order valence-electron chi connectivity index (χ4n) is 3.48. The third-order valence-electron chi connectivity index (χ3n) is 5.05. The van der Waals surface area contributed by atoms with Gasteiger partial charge in [0.25, 0.3) is 5.69 Å². The van der Waals surface area contributed by atoms with Crippen LogP contribution in [-0.4, -0.2) is 44.2 Å². The topological polar surface area (TPSA) is 102 Å². The molecule has 1 aliphatic heterocycles. The average Bonchev–Trinajstić information content (AvgIpc) is 2.72. The average molecular weight is 510 g/mol. The number of benzene rings is 2. The lowest BCUT2D eigenvalue weighted by atomic mass is 9.99. The molecule has 0 bridgehead atoms. The Morgan fingerprint density at radius 1 is 1.09 bits per heavy atom. The van der Waals surface area contributed by atoms with Gasteiger partial charge < -0.3 is 4.74 Å². The van der Waals surface area contributed by atoms with Crippen LogP contribution in [0.3, 0.4) is 0 Å². The molecule has 33 heavy (non-hydrogen) atoms. The zero-order chi connectivity index (χ0) is 23.4. The summed E-state index contributed by atoms with van der Waals surface area (Å²) in [7, 11) is -3.84. The molecule has 2 aromatic rings. The smallest absolute Gasteiger partial charge is 0.406 e. The number of sulfonamides is 1. The van der Waals surface area contributed by atoms with Crippen LogP contribution < -0.4 is 9.46 Å². The van der Waals surface area contributed by atoms with Crippen molar-refractivity contribution in [3.8, 4) is 5.75 Å². The van der Waals surface area contributed by atoms with E-state index in [4.69, 9.17) is 0 Å². The highest BCUT2D eigenvalue weighted by molar-refractivity contribution is 7.89. The lowest BCUT2D eigenvalue weighted by Crippen LogP contribution is -2.32. The van der Waals surface area contributed by atoms with Crippen LogP contribution in [-0.2, 0) is 23.0 Å². The first kappa shape index (κ1) is 26.8. The molecule has 0 amide bonds. The second-order valence-electron chi connectivity index (χ2n) is 7.36. The molecule has 0 saturated carbocycles. The number of nitro benzene ring substituents is 1. The van der Waals surface area contributed by atoms with E-state index in [9.17, 15) is 31.7 Å². The number of non-ortho nitro benzene ring substituents is 1. The number of hydrogen-bond acceptors (Lipinski definition) is 6. The van der Waals surface area contributed by atoms with Crippen LogP contribution in [0.1, 0.15) is 24.0 Å². The molecular formula is C20H23ClF3N3O5S. The van der Waals surface area contributed by atoms with Gasteiger partial charge in [-0.2, -0.15) is 0 Å². The first-order chi connectivity index (χ1) is 15.0. The number of alkyl halides is 3. The van der Waals surface area contributed by atoms with Crippen molar-refractivity contribution in [3.05, 3.63) is 63.7 Å². The van der Waals surface area contributed by atoms with Crippen LogP contribution in [0.15, 0.2) is 47.4 Å². The van der Waals surface area contributed by atoms with Crippen LogP contribution in [0.4, 0.5) is 18.9 Å². The maximum atomic E-state index is 12.3. The number of unbranched alkanes of at least 4 members (excludes halogenated alkanes) is 1. The van der Waals surface area contributed by atoms with E-state index in [-0.39, 0.29) is 29.5 Å². The predicted molar refractivity (Wildman–Crippen MR) is 117 cm³/mol. The highest BCUT2D eigenvalue weighted by Crippen LogP contribution is 2.25. The van der Waals surface area contributed by atoms with Crippen molar-refractivity contribution in [2.75, 3.05) is 19.6 Å². The first-order valence-corrected chi connectivity index (χ1v) is 11.4. The van der Waals surface area contributed by atoms with Crippen LogP contribution >= 0.6 is 12.4 Å². The van der Waals surface area contributed by atoms with Crippen molar-refractivity contribution in [3.63, 3.8) is 0 Å². The second-order valence-corrected chi connectivity index (χ2v) is 9.13. The Labute approximate surface area is 195 Å². The minimum atomic E-state index is -4.84. The van der Waals surface area contributed by atoms with E-state index in [0.29, 0.717) is 25.9 Å². The summed E-state index contributed by atoms with van der Waals surface area (Å²) in [6.07, 6.45) is -2.77. The molecule has 1 heterocycles. The molecular weight excluding hydrogens is 487 g/mol. The molecule has 0 aromatic heterocycles. The van der Waals surface area contributed by atoms with Crippen LogP contribution in [0, 0.1) is 10.1 Å². The Morgan fingerprint density at radius 2 is 1.79 bits per heavy atom. The normalized spacial score (nSPS) is 14.3. The van der Waals surface area contributed by atoms with Crippen molar-refractivity contribution < 1.29 is 31.2 Å². The molecule has 1 aliphatic rings. The predicted octanol–water partition coefficient (Wildman–Crippen LogP) is 4.03. The molecule has 0 fully saturated rings. The van der Waals surface area contributed by atoms with Gasteiger partial charge in [-0.1, -0.05) is 6.07 Å². The van der Waals surface area contributed by atoms with E-state index in [1.807, 2.05) is 0 Å². The number of rotatable bonds is 9. The third-order valence-corrected chi connectivity index (χ3v) is 6.53. The largest absolute Gasteiger partial charge is 0.573 e. The van der Waals surface area contributed by atoms with E-state index in [1.165, 1.54) is 6.07 Å². The lowest BCUT2D eigenvalue weighted by Gasteiger charge is -2.28. The molecule has 13 heteroatoms. The molecule has 0 saturated heterocycles. The number of nitro groups is 1. The Morgan fingerprint density at radius 3 is 2.42 bits per heavy atom. The maximum Gasteiger partial charge on any atom is 0.573 e. The van der Waals surface area contributed by atoms with Crippen molar-refractivity contribution >= 4 is 28.1 Å². The third kappa shape index (κ3) is 7.84. The van der Waals surface area contributed by atoms with Gasteiger partial charge >= 0.3 is 6.36 Å². The Hall–Kier alpha value is -2.41. The van der Waals surface area contributed by atoms with E-state index in [2.05, 4.69) is 14.4 Å². The maximum absolute atomic E-state index is 12.3.